The van der Waals surface area contributed by atoms with Gasteiger partial charge in [-0.05, 0) is 12.8 Å². The van der Waals surface area contributed by atoms with E-state index in [4.69, 9.17) is 18.9 Å². The molecule has 0 radical (unpaired) electrons. The van der Waals surface area contributed by atoms with Crippen LogP contribution in [0.4, 0.5) is 0 Å². The Morgan fingerprint density at radius 3 is 1.02 bits per heavy atom. The van der Waals surface area contributed by atoms with Gasteiger partial charge in [-0.15, -0.1) is 0 Å². The summed E-state index contributed by atoms with van der Waals surface area (Å²) in [5, 5.41) is 18.0. The summed E-state index contributed by atoms with van der Waals surface area (Å²) in [7, 11) is 2.16. The second-order valence-electron chi connectivity index (χ2n) is 15.7. The Labute approximate surface area is 304 Å². The number of ether oxygens (including phenoxy) is 1. The molecule has 0 aliphatic heterocycles. The molecule has 1 unspecified atom stereocenters. The lowest BCUT2D eigenvalue weighted by molar-refractivity contribution is -0.870. The van der Waals surface area contributed by atoms with E-state index < -0.39 is 13.9 Å². The lowest BCUT2D eigenvalue weighted by atomic mass is 10.0. The van der Waals surface area contributed by atoms with Gasteiger partial charge in [0.2, 0.25) is 0 Å². The van der Waals surface area contributed by atoms with E-state index in [1.165, 1.54) is 173 Å². The van der Waals surface area contributed by atoms with E-state index in [0.717, 1.165) is 19.3 Å². The molecule has 0 heterocycles. The zero-order chi connectivity index (χ0) is 36.2. The molecular formula is C40H85NO7P+. The van der Waals surface area contributed by atoms with Crippen molar-refractivity contribution in [3.63, 3.8) is 0 Å². The van der Waals surface area contributed by atoms with Crippen molar-refractivity contribution in [2.75, 3.05) is 60.7 Å². The first-order chi connectivity index (χ1) is 23.7. The van der Waals surface area contributed by atoms with Crippen molar-refractivity contribution < 1.29 is 37.9 Å². The summed E-state index contributed by atoms with van der Waals surface area (Å²) in [5.41, 5.74) is 0. The fourth-order valence-corrected chi connectivity index (χ4v) is 6.92. The van der Waals surface area contributed by atoms with E-state index in [-0.39, 0.29) is 19.8 Å². The molecule has 0 aliphatic rings. The van der Waals surface area contributed by atoms with Crippen molar-refractivity contribution in [1.82, 2.24) is 0 Å². The van der Waals surface area contributed by atoms with Crippen LogP contribution in [0.15, 0.2) is 0 Å². The standard InChI is InChI=1S/C40H84NO7P/c1-41(2,3)34-37-48-49(44,45)47-36-33-31-29-27-25-23-21-19-17-15-13-11-9-7-5-4-6-8-10-12-14-16-18-20-22-24-26-28-30-32-35-46-39-40(43)38-42/h40,42-43H,4-39H2,1-3H3/p+1/t40-/m1/s1. The van der Waals surface area contributed by atoms with Crippen LogP contribution in [-0.2, 0) is 18.3 Å². The molecule has 0 aromatic carbocycles. The van der Waals surface area contributed by atoms with Gasteiger partial charge in [0.25, 0.3) is 0 Å². The van der Waals surface area contributed by atoms with E-state index in [9.17, 15) is 14.6 Å². The third kappa shape index (κ3) is 42.3. The van der Waals surface area contributed by atoms with E-state index in [0.29, 0.717) is 24.2 Å². The molecular weight excluding hydrogens is 637 g/mol. The minimum absolute atomic E-state index is 0.218. The number of aliphatic hydroxyl groups excluding tert-OH is 2. The van der Waals surface area contributed by atoms with E-state index in [1.807, 2.05) is 21.1 Å². The topological polar surface area (TPSA) is 105 Å². The first-order valence-corrected chi connectivity index (χ1v) is 22.4. The normalized spacial score (nSPS) is 14.0. The molecule has 0 bridgehead atoms. The maximum absolute atomic E-state index is 11.9. The third-order valence-electron chi connectivity index (χ3n) is 9.47. The Kier molecular flexibility index (Phi) is 36.3. The molecule has 0 aromatic heterocycles. The van der Waals surface area contributed by atoms with E-state index >= 15 is 0 Å². The molecule has 0 saturated heterocycles. The number of hydrogen-bond acceptors (Lipinski definition) is 6. The summed E-state index contributed by atoms with van der Waals surface area (Å²) in [6.07, 6.45) is 39.3. The van der Waals surface area contributed by atoms with Crippen LogP contribution in [0.2, 0.25) is 0 Å². The number of nitrogens with zero attached hydrogens (tertiary/aromatic N) is 1. The summed E-state index contributed by atoms with van der Waals surface area (Å²) in [4.78, 5) is 9.74. The van der Waals surface area contributed by atoms with Gasteiger partial charge in [-0.2, -0.15) is 0 Å². The second-order valence-corrected chi connectivity index (χ2v) is 17.1. The molecule has 0 fully saturated rings. The van der Waals surface area contributed by atoms with E-state index in [1.54, 1.807) is 0 Å². The molecule has 0 spiro atoms. The van der Waals surface area contributed by atoms with Crippen LogP contribution in [-0.4, -0.2) is 86.4 Å². The summed E-state index contributed by atoms with van der Waals surface area (Å²) in [6, 6.07) is 0. The zero-order valence-corrected chi connectivity index (χ0v) is 33.8. The fourth-order valence-electron chi connectivity index (χ4n) is 6.18. The highest BCUT2D eigenvalue weighted by Gasteiger charge is 2.22. The summed E-state index contributed by atoms with van der Waals surface area (Å²) >= 11 is 0. The van der Waals surface area contributed by atoms with Gasteiger partial charge in [0, 0.05) is 6.61 Å². The number of rotatable bonds is 41. The largest absolute Gasteiger partial charge is 0.472 e. The smallest absolute Gasteiger partial charge is 0.394 e. The highest BCUT2D eigenvalue weighted by Crippen LogP contribution is 2.43. The first-order valence-electron chi connectivity index (χ1n) is 21.0. The number of phosphoric acid groups is 1. The third-order valence-corrected chi connectivity index (χ3v) is 10.5. The van der Waals surface area contributed by atoms with Crippen LogP contribution >= 0.6 is 7.82 Å². The molecule has 2 atom stereocenters. The van der Waals surface area contributed by atoms with Gasteiger partial charge in [-0.25, -0.2) is 4.57 Å². The van der Waals surface area contributed by atoms with Crippen molar-refractivity contribution in [1.29, 1.82) is 0 Å². The van der Waals surface area contributed by atoms with Crippen molar-refractivity contribution >= 4 is 7.82 Å². The monoisotopic (exact) mass is 723 g/mol. The molecule has 0 aromatic rings. The minimum atomic E-state index is -3.90. The molecule has 0 amide bonds. The average molecular weight is 723 g/mol. The SMILES string of the molecule is C[N+](C)(C)CCOP(=O)(O)OCCCCCCCCCCCCCCCCCCCCCCCCCCCCCCCCOC[C@H](O)CO. The molecule has 9 heteroatoms. The van der Waals surface area contributed by atoms with Crippen molar-refractivity contribution in [3.05, 3.63) is 0 Å². The molecule has 3 N–H and O–H groups in total. The summed E-state index contributed by atoms with van der Waals surface area (Å²) in [6.45, 7) is 1.91. The van der Waals surface area contributed by atoms with Gasteiger partial charge in [0.1, 0.15) is 19.3 Å². The van der Waals surface area contributed by atoms with Gasteiger partial charge >= 0.3 is 7.82 Å². The number of unbranched alkanes of at least 4 members (excludes halogenated alkanes) is 29. The van der Waals surface area contributed by atoms with Crippen LogP contribution in [0.1, 0.15) is 193 Å². The predicted octanol–water partition coefficient (Wildman–Crippen LogP) is 10.9. The minimum Gasteiger partial charge on any atom is -0.394 e. The number of quaternary nitrogens is 1. The Morgan fingerprint density at radius 1 is 0.469 bits per heavy atom. The molecule has 0 rings (SSSR count). The van der Waals surface area contributed by atoms with Gasteiger partial charge in [0.05, 0.1) is 41.0 Å². The molecule has 49 heavy (non-hydrogen) atoms. The van der Waals surface area contributed by atoms with Crippen LogP contribution in [0, 0.1) is 0 Å². The van der Waals surface area contributed by atoms with Crippen LogP contribution in [0.5, 0.6) is 0 Å². The summed E-state index contributed by atoms with van der Waals surface area (Å²) < 4.78 is 28.1. The summed E-state index contributed by atoms with van der Waals surface area (Å²) in [5.74, 6) is 0. The van der Waals surface area contributed by atoms with Crippen molar-refractivity contribution in [2.45, 2.75) is 199 Å². The Hall–Kier alpha value is -0.0500. The maximum Gasteiger partial charge on any atom is 0.472 e. The number of phosphoric ester groups is 1. The van der Waals surface area contributed by atoms with Crippen LogP contribution in [0.3, 0.4) is 0 Å². The van der Waals surface area contributed by atoms with Gasteiger partial charge in [-0.3, -0.25) is 9.05 Å². The van der Waals surface area contributed by atoms with Crippen LogP contribution < -0.4 is 0 Å². The van der Waals surface area contributed by atoms with Crippen LogP contribution in [0.25, 0.3) is 0 Å². The highest BCUT2D eigenvalue weighted by atomic mass is 31.2. The van der Waals surface area contributed by atoms with Gasteiger partial charge in [-0.1, -0.05) is 180 Å². The van der Waals surface area contributed by atoms with Gasteiger partial charge < -0.3 is 24.3 Å². The highest BCUT2D eigenvalue weighted by molar-refractivity contribution is 7.47. The molecule has 296 valence electrons. The predicted molar refractivity (Wildman–Crippen MR) is 207 cm³/mol. The lowest BCUT2D eigenvalue weighted by Crippen LogP contribution is -2.37. The maximum atomic E-state index is 11.9. The number of aliphatic hydroxyl groups is 2. The average Bonchev–Trinajstić information content (AvgIpc) is 3.05. The van der Waals surface area contributed by atoms with E-state index in [2.05, 4.69) is 0 Å². The Bertz CT molecular complexity index is 707. The van der Waals surface area contributed by atoms with Crippen molar-refractivity contribution in [3.8, 4) is 0 Å². The van der Waals surface area contributed by atoms with Crippen molar-refractivity contribution in [2.24, 2.45) is 0 Å². The second kappa shape index (κ2) is 36.3. The zero-order valence-electron chi connectivity index (χ0n) is 32.9. The quantitative estimate of drug-likeness (QED) is 0.0328. The first kappa shape index (κ1) is 49.0. The van der Waals surface area contributed by atoms with Gasteiger partial charge in [0.15, 0.2) is 0 Å². The number of hydrogen-bond donors (Lipinski definition) is 3. The number of likely N-dealkylation sites (N-methyl/N-ethyl adjacent to an activating group) is 1. The fraction of sp³-hybridized carbons (Fsp3) is 1.00. The molecule has 0 saturated carbocycles. The lowest BCUT2D eigenvalue weighted by Gasteiger charge is -2.24. The Balaban J connectivity index is 3.16. The molecule has 8 nitrogen and oxygen atoms in total. The molecule has 0 aliphatic carbocycles. The Morgan fingerprint density at radius 2 is 0.735 bits per heavy atom.